The minimum absolute atomic E-state index is 0.00379. The molecule has 0 spiro atoms. The number of amides is 1. The number of hydrogen-bond acceptors (Lipinski definition) is 9. The van der Waals surface area contributed by atoms with Gasteiger partial charge in [-0.15, -0.1) is 11.8 Å². The molecule has 1 N–H and O–H groups in total. The molecule has 4 aliphatic heterocycles. The minimum atomic E-state index is -0.943. The molecule has 0 radical (unpaired) electrons. The average molecular weight is 588 g/mol. The van der Waals surface area contributed by atoms with Gasteiger partial charge in [0, 0.05) is 35.3 Å². The molecule has 1 aromatic carbocycles. The van der Waals surface area contributed by atoms with Gasteiger partial charge in [0.05, 0.1) is 60.5 Å². The number of nitro groups is 1. The van der Waals surface area contributed by atoms with Crippen molar-refractivity contribution in [1.29, 1.82) is 0 Å². The number of likely N-dealkylation sites (tertiary alicyclic amines) is 2. The smallest absolute Gasteiger partial charge is 0.363 e. The lowest BCUT2D eigenvalue weighted by Gasteiger charge is -2.46. The maximum atomic E-state index is 13.5. The van der Waals surface area contributed by atoms with E-state index in [1.807, 2.05) is 6.92 Å². The molecule has 41 heavy (non-hydrogen) atoms. The lowest BCUT2D eigenvalue weighted by molar-refractivity contribution is -0.900. The van der Waals surface area contributed by atoms with Crippen molar-refractivity contribution in [2.75, 3.05) is 46.8 Å². The van der Waals surface area contributed by atoms with Crippen LogP contribution in [-0.4, -0.2) is 106 Å². The molecule has 3 fully saturated rings. The molecule has 5 rings (SSSR count). The zero-order valence-corrected chi connectivity index (χ0v) is 24.8. The number of aliphatic hydroxyl groups excluding tert-OH is 1. The first kappa shape index (κ1) is 29.7. The summed E-state index contributed by atoms with van der Waals surface area (Å²) in [5.74, 6) is -2.32. The standard InChI is InChI=1S/C29H39N4O7S/c1-17-24-23(18(2)34)27(35)31(24)25(29(37)40-28(36)20-5-7-21(8-6-20)32(38)39)26(17)41-22-11-14-33(4,16-22)15-19-9-12-30(3)13-10-19/h5-8,17-19,22-24,34H,9-16H2,1-4H3/q+1/t17-,18-,22-,23-,24-,33?/m1/s1. The third-order valence-electron chi connectivity index (χ3n) is 9.27. The molecule has 4 heterocycles. The number of thioether (sulfide) groups is 1. The summed E-state index contributed by atoms with van der Waals surface area (Å²) in [4.78, 5) is 54.2. The van der Waals surface area contributed by atoms with Gasteiger partial charge in [0.15, 0.2) is 0 Å². The van der Waals surface area contributed by atoms with Crippen molar-refractivity contribution in [3.63, 3.8) is 0 Å². The van der Waals surface area contributed by atoms with Gasteiger partial charge in [-0.2, -0.15) is 0 Å². The number of esters is 2. The summed E-state index contributed by atoms with van der Waals surface area (Å²) >= 11 is 1.61. The van der Waals surface area contributed by atoms with Crippen molar-refractivity contribution < 1.29 is 33.6 Å². The average Bonchev–Trinajstić information content (AvgIpc) is 3.40. The number of ether oxygens (including phenoxy) is 1. The van der Waals surface area contributed by atoms with Crippen LogP contribution in [0.15, 0.2) is 34.9 Å². The van der Waals surface area contributed by atoms with Gasteiger partial charge in [0.25, 0.3) is 5.69 Å². The molecular formula is C29H39N4O7S+. The molecule has 0 aromatic heterocycles. The third-order valence-corrected chi connectivity index (χ3v) is 10.8. The number of rotatable bonds is 8. The fourth-order valence-corrected chi connectivity index (χ4v) is 8.68. The van der Waals surface area contributed by atoms with Crippen molar-refractivity contribution in [1.82, 2.24) is 9.80 Å². The van der Waals surface area contributed by atoms with Gasteiger partial charge in [-0.05, 0) is 52.0 Å². The molecule has 1 amide bonds. The van der Waals surface area contributed by atoms with Gasteiger partial charge in [0.2, 0.25) is 5.91 Å². The van der Waals surface area contributed by atoms with Crippen molar-refractivity contribution in [2.24, 2.45) is 17.8 Å². The van der Waals surface area contributed by atoms with Gasteiger partial charge < -0.3 is 24.1 Å². The summed E-state index contributed by atoms with van der Waals surface area (Å²) in [6.45, 7) is 8.94. The second-order valence-electron chi connectivity index (χ2n) is 12.4. The van der Waals surface area contributed by atoms with Crippen LogP contribution < -0.4 is 0 Å². The second kappa shape index (κ2) is 11.5. The Morgan fingerprint density at radius 1 is 1.20 bits per heavy atom. The highest BCUT2D eigenvalue weighted by Crippen LogP contribution is 2.52. The molecule has 1 unspecified atom stereocenters. The Balaban J connectivity index is 1.33. The summed E-state index contributed by atoms with van der Waals surface area (Å²) in [6.07, 6.45) is 2.54. The van der Waals surface area contributed by atoms with E-state index in [4.69, 9.17) is 4.74 Å². The van der Waals surface area contributed by atoms with Crippen LogP contribution in [0.4, 0.5) is 5.69 Å². The summed E-state index contributed by atoms with van der Waals surface area (Å²) in [7, 11) is 4.48. The number of non-ortho nitro benzene ring substituents is 1. The first-order valence-corrected chi connectivity index (χ1v) is 15.2. The molecular weight excluding hydrogens is 548 g/mol. The Bertz CT molecular complexity index is 1260. The molecule has 6 atom stereocenters. The number of quaternary nitrogens is 1. The molecule has 3 saturated heterocycles. The molecule has 12 heteroatoms. The number of carbonyl (C=O) groups is 3. The Hall–Kier alpha value is -2.80. The molecule has 11 nitrogen and oxygen atoms in total. The summed E-state index contributed by atoms with van der Waals surface area (Å²) in [5.41, 5.74) is -0.105. The number of piperidine rings is 1. The SMILES string of the molecule is C[C@@H](O)[C@H]1C(=O)N2C(C(=O)OC(=O)c3ccc([N+](=O)[O-])cc3)=C(S[C@@H]3CC[N+](C)(CC4CCN(C)CC4)C3)[C@H](C)[C@H]12. The number of aliphatic hydroxyl groups is 1. The van der Waals surface area contributed by atoms with Gasteiger partial charge in [-0.3, -0.25) is 14.9 Å². The maximum Gasteiger partial charge on any atom is 0.363 e. The van der Waals surface area contributed by atoms with E-state index in [0.29, 0.717) is 5.92 Å². The van der Waals surface area contributed by atoms with Crippen LogP contribution in [0.2, 0.25) is 0 Å². The summed E-state index contributed by atoms with van der Waals surface area (Å²) in [6, 6.07) is 4.43. The van der Waals surface area contributed by atoms with Crippen LogP contribution in [0.1, 0.15) is 43.5 Å². The van der Waals surface area contributed by atoms with E-state index in [2.05, 4.69) is 19.0 Å². The number of carbonyl (C=O) groups excluding carboxylic acids is 3. The maximum absolute atomic E-state index is 13.5. The molecule has 4 aliphatic rings. The largest absolute Gasteiger partial charge is 0.393 e. The van der Waals surface area contributed by atoms with E-state index in [9.17, 15) is 29.6 Å². The number of fused-ring (bicyclic) bond motifs is 1. The Labute approximate surface area is 244 Å². The quantitative estimate of drug-likeness (QED) is 0.122. The first-order valence-electron chi connectivity index (χ1n) is 14.3. The van der Waals surface area contributed by atoms with Crippen molar-refractivity contribution >= 4 is 35.3 Å². The summed E-state index contributed by atoms with van der Waals surface area (Å²) in [5, 5.41) is 21.5. The van der Waals surface area contributed by atoms with Crippen LogP contribution in [0.25, 0.3) is 0 Å². The van der Waals surface area contributed by atoms with E-state index in [0.717, 1.165) is 48.5 Å². The van der Waals surface area contributed by atoms with Crippen molar-refractivity contribution in [2.45, 2.75) is 50.5 Å². The number of benzene rings is 1. The molecule has 0 bridgehead atoms. The highest BCUT2D eigenvalue weighted by molar-refractivity contribution is 8.03. The van der Waals surface area contributed by atoms with Gasteiger partial charge in [-0.25, -0.2) is 9.59 Å². The van der Waals surface area contributed by atoms with E-state index in [-0.39, 0.29) is 40.1 Å². The van der Waals surface area contributed by atoms with Gasteiger partial charge in [0.1, 0.15) is 5.70 Å². The van der Waals surface area contributed by atoms with Crippen LogP contribution in [-0.2, 0) is 14.3 Å². The molecule has 0 saturated carbocycles. The van der Waals surface area contributed by atoms with Gasteiger partial charge >= 0.3 is 11.9 Å². The lowest BCUT2D eigenvalue weighted by Crippen LogP contribution is -2.63. The zero-order valence-electron chi connectivity index (χ0n) is 24.0. The van der Waals surface area contributed by atoms with E-state index >= 15 is 0 Å². The Morgan fingerprint density at radius 3 is 2.46 bits per heavy atom. The molecule has 222 valence electrons. The number of nitro benzene ring substituents is 1. The lowest BCUT2D eigenvalue weighted by atomic mass is 9.79. The van der Waals surface area contributed by atoms with E-state index < -0.39 is 28.9 Å². The minimum Gasteiger partial charge on any atom is -0.393 e. The topological polar surface area (TPSA) is 130 Å². The predicted molar refractivity (Wildman–Crippen MR) is 153 cm³/mol. The highest BCUT2D eigenvalue weighted by Gasteiger charge is 2.60. The van der Waals surface area contributed by atoms with Crippen molar-refractivity contribution in [3.05, 3.63) is 50.5 Å². The predicted octanol–water partition coefficient (Wildman–Crippen LogP) is 2.64. The number of hydrogen-bond donors (Lipinski definition) is 1. The van der Waals surface area contributed by atoms with Crippen LogP contribution >= 0.6 is 11.8 Å². The Morgan fingerprint density at radius 2 is 1.85 bits per heavy atom. The normalized spacial score (nSPS) is 31.1. The monoisotopic (exact) mass is 587 g/mol. The molecule has 1 aromatic rings. The third kappa shape index (κ3) is 5.79. The van der Waals surface area contributed by atoms with Crippen LogP contribution in [0, 0.1) is 27.9 Å². The Kier molecular flexibility index (Phi) is 8.30. The fourth-order valence-electron chi connectivity index (χ4n) is 7.02. The first-order chi connectivity index (χ1) is 19.4. The summed E-state index contributed by atoms with van der Waals surface area (Å²) < 4.78 is 6.21. The van der Waals surface area contributed by atoms with Crippen molar-refractivity contribution in [3.8, 4) is 0 Å². The zero-order chi connectivity index (χ0) is 29.6. The highest BCUT2D eigenvalue weighted by atomic mass is 32.2. The van der Waals surface area contributed by atoms with Crippen LogP contribution in [0.5, 0.6) is 0 Å². The molecule has 0 aliphatic carbocycles. The number of nitrogens with zero attached hydrogens (tertiary/aromatic N) is 4. The van der Waals surface area contributed by atoms with Gasteiger partial charge in [-0.1, -0.05) is 6.92 Å². The van der Waals surface area contributed by atoms with Crippen LogP contribution in [0.3, 0.4) is 0 Å². The fraction of sp³-hybridized carbons (Fsp3) is 0.621. The second-order valence-corrected chi connectivity index (χ2v) is 13.8. The van der Waals surface area contributed by atoms with E-state index in [1.165, 1.54) is 42.0 Å². The van der Waals surface area contributed by atoms with E-state index in [1.54, 1.807) is 18.7 Å². The number of β-lactam (4-membered cyclic amide) rings is 1.